The molecule has 0 spiro atoms. The van der Waals surface area contributed by atoms with E-state index in [1.807, 2.05) is 13.8 Å². The summed E-state index contributed by atoms with van der Waals surface area (Å²) in [4.78, 5) is 12.0. The van der Waals surface area contributed by atoms with Crippen LogP contribution in [0.15, 0.2) is 18.2 Å². The molecule has 0 bridgehead atoms. The van der Waals surface area contributed by atoms with Gasteiger partial charge in [-0.15, -0.1) is 0 Å². The Morgan fingerprint density at radius 3 is 2.29 bits per heavy atom. The summed E-state index contributed by atoms with van der Waals surface area (Å²) in [7, 11) is 0. The third-order valence-corrected chi connectivity index (χ3v) is 4.29. The van der Waals surface area contributed by atoms with Gasteiger partial charge in [0.15, 0.2) is 0 Å². The summed E-state index contributed by atoms with van der Waals surface area (Å²) >= 11 is 15.1. The standard InChI is InChI=1S/C12H14BrCl2NO/c1-3-12(2,7-13)16-11(17)8-4-9(14)6-10(15)5-8/h4-6H,3,7H2,1-2H3,(H,16,17). The Kier molecular flexibility index (Phi) is 5.29. The lowest BCUT2D eigenvalue weighted by atomic mass is 10.0. The van der Waals surface area contributed by atoms with Crippen molar-refractivity contribution in [1.29, 1.82) is 0 Å². The van der Waals surface area contributed by atoms with Crippen molar-refractivity contribution in [2.24, 2.45) is 0 Å². The van der Waals surface area contributed by atoms with Gasteiger partial charge in [-0.1, -0.05) is 46.1 Å². The predicted molar refractivity (Wildman–Crippen MR) is 76.4 cm³/mol. The van der Waals surface area contributed by atoms with Gasteiger partial charge in [-0.05, 0) is 31.5 Å². The van der Waals surface area contributed by atoms with Crippen LogP contribution < -0.4 is 5.32 Å². The largest absolute Gasteiger partial charge is 0.346 e. The van der Waals surface area contributed by atoms with E-state index in [4.69, 9.17) is 23.2 Å². The van der Waals surface area contributed by atoms with E-state index >= 15 is 0 Å². The summed E-state index contributed by atoms with van der Waals surface area (Å²) in [5, 5.41) is 4.57. The predicted octanol–water partition coefficient (Wildman–Crippen LogP) is 4.29. The Bertz CT molecular complexity index is 399. The fourth-order valence-corrected chi connectivity index (χ4v) is 2.31. The number of benzene rings is 1. The number of hydrogen-bond donors (Lipinski definition) is 1. The molecule has 94 valence electrons. The van der Waals surface area contributed by atoms with Crippen molar-refractivity contribution in [2.75, 3.05) is 5.33 Å². The number of hydrogen-bond acceptors (Lipinski definition) is 1. The first-order valence-electron chi connectivity index (χ1n) is 5.25. The summed E-state index contributed by atoms with van der Waals surface area (Å²) in [6.07, 6.45) is 0.832. The number of nitrogens with one attached hydrogen (secondary N) is 1. The summed E-state index contributed by atoms with van der Waals surface area (Å²) in [6.45, 7) is 4.00. The van der Waals surface area contributed by atoms with Crippen molar-refractivity contribution in [1.82, 2.24) is 5.32 Å². The lowest BCUT2D eigenvalue weighted by molar-refractivity contribution is 0.0913. The molecule has 0 aliphatic heterocycles. The molecule has 17 heavy (non-hydrogen) atoms. The highest BCUT2D eigenvalue weighted by molar-refractivity contribution is 9.09. The van der Waals surface area contributed by atoms with Crippen LogP contribution in [0.1, 0.15) is 30.6 Å². The number of carbonyl (C=O) groups excluding carboxylic acids is 1. The van der Waals surface area contributed by atoms with Gasteiger partial charge in [-0.2, -0.15) is 0 Å². The summed E-state index contributed by atoms with van der Waals surface area (Å²) < 4.78 is 0. The minimum Gasteiger partial charge on any atom is -0.346 e. The summed E-state index contributed by atoms with van der Waals surface area (Å²) in [5.41, 5.74) is 0.203. The molecule has 1 atom stereocenters. The quantitative estimate of drug-likeness (QED) is 0.815. The minimum absolute atomic E-state index is 0.168. The molecule has 1 N–H and O–H groups in total. The second-order valence-corrected chi connectivity index (χ2v) is 5.59. The normalized spacial score (nSPS) is 14.2. The number of rotatable bonds is 4. The molecule has 0 aromatic heterocycles. The van der Waals surface area contributed by atoms with Crippen LogP contribution in [0.2, 0.25) is 10.0 Å². The van der Waals surface area contributed by atoms with Crippen LogP contribution in [0, 0.1) is 0 Å². The van der Waals surface area contributed by atoms with Gasteiger partial charge in [-0.25, -0.2) is 0 Å². The van der Waals surface area contributed by atoms with E-state index in [9.17, 15) is 4.79 Å². The maximum Gasteiger partial charge on any atom is 0.251 e. The molecule has 1 amide bonds. The van der Waals surface area contributed by atoms with Gasteiger partial charge >= 0.3 is 0 Å². The van der Waals surface area contributed by atoms with Gasteiger partial charge < -0.3 is 5.32 Å². The zero-order valence-electron chi connectivity index (χ0n) is 9.69. The molecule has 2 nitrogen and oxygen atoms in total. The molecule has 5 heteroatoms. The van der Waals surface area contributed by atoms with Crippen molar-refractivity contribution in [2.45, 2.75) is 25.8 Å². The van der Waals surface area contributed by atoms with Gasteiger partial charge in [-0.3, -0.25) is 4.79 Å². The molecule has 1 rings (SSSR count). The Labute approximate surface area is 120 Å². The number of carbonyl (C=O) groups is 1. The van der Waals surface area contributed by atoms with Crippen LogP contribution in [0.4, 0.5) is 0 Å². The highest BCUT2D eigenvalue weighted by atomic mass is 79.9. The SMILES string of the molecule is CCC(C)(CBr)NC(=O)c1cc(Cl)cc(Cl)c1. The Hall–Kier alpha value is -0.250. The van der Waals surface area contributed by atoms with E-state index in [0.29, 0.717) is 20.9 Å². The number of amides is 1. The van der Waals surface area contributed by atoms with Crippen molar-refractivity contribution in [3.63, 3.8) is 0 Å². The molecular weight excluding hydrogens is 325 g/mol. The van der Waals surface area contributed by atoms with Crippen LogP contribution in [-0.4, -0.2) is 16.8 Å². The molecule has 1 unspecified atom stereocenters. The second-order valence-electron chi connectivity index (χ2n) is 4.16. The van der Waals surface area contributed by atoms with Crippen molar-refractivity contribution >= 4 is 45.0 Å². The van der Waals surface area contributed by atoms with Gasteiger partial charge in [0.1, 0.15) is 0 Å². The van der Waals surface area contributed by atoms with Crippen molar-refractivity contribution in [3.05, 3.63) is 33.8 Å². The maximum atomic E-state index is 12.0. The molecule has 0 saturated carbocycles. The van der Waals surface area contributed by atoms with Gasteiger partial charge in [0.25, 0.3) is 5.91 Å². The van der Waals surface area contributed by atoms with Gasteiger partial charge in [0.2, 0.25) is 0 Å². The van der Waals surface area contributed by atoms with Crippen molar-refractivity contribution < 1.29 is 4.79 Å². The minimum atomic E-state index is -0.272. The topological polar surface area (TPSA) is 29.1 Å². The smallest absolute Gasteiger partial charge is 0.251 e. The summed E-state index contributed by atoms with van der Waals surface area (Å²) in [5.74, 6) is -0.168. The molecular formula is C12H14BrCl2NO. The number of alkyl halides is 1. The van der Waals surface area contributed by atoms with Crippen LogP contribution in [0.5, 0.6) is 0 Å². The maximum absolute atomic E-state index is 12.0. The molecule has 0 aliphatic rings. The monoisotopic (exact) mass is 337 g/mol. The highest BCUT2D eigenvalue weighted by Gasteiger charge is 2.23. The van der Waals surface area contributed by atoms with E-state index in [2.05, 4.69) is 21.2 Å². The van der Waals surface area contributed by atoms with E-state index in [0.717, 1.165) is 6.42 Å². The molecule has 0 radical (unpaired) electrons. The summed E-state index contributed by atoms with van der Waals surface area (Å²) in [6, 6.07) is 4.81. The Balaban J connectivity index is 2.90. The van der Waals surface area contributed by atoms with E-state index in [1.165, 1.54) is 0 Å². The van der Waals surface area contributed by atoms with Crippen LogP contribution in [-0.2, 0) is 0 Å². The number of halogens is 3. The molecule has 1 aromatic rings. The fraction of sp³-hybridized carbons (Fsp3) is 0.417. The highest BCUT2D eigenvalue weighted by Crippen LogP contribution is 2.20. The van der Waals surface area contributed by atoms with E-state index in [-0.39, 0.29) is 11.4 Å². The average molecular weight is 339 g/mol. The van der Waals surface area contributed by atoms with E-state index < -0.39 is 0 Å². The molecule has 0 aliphatic carbocycles. The molecule has 0 saturated heterocycles. The van der Waals surface area contributed by atoms with Crippen LogP contribution in [0.3, 0.4) is 0 Å². The third kappa shape index (κ3) is 4.16. The molecule has 0 fully saturated rings. The fourth-order valence-electron chi connectivity index (χ4n) is 1.25. The average Bonchev–Trinajstić information content (AvgIpc) is 2.27. The van der Waals surface area contributed by atoms with E-state index in [1.54, 1.807) is 18.2 Å². The molecule has 0 heterocycles. The van der Waals surface area contributed by atoms with Crippen molar-refractivity contribution in [3.8, 4) is 0 Å². The Morgan fingerprint density at radius 1 is 1.35 bits per heavy atom. The second kappa shape index (κ2) is 6.07. The van der Waals surface area contributed by atoms with Gasteiger partial charge in [0.05, 0.1) is 0 Å². The zero-order chi connectivity index (χ0) is 13.1. The third-order valence-electron chi connectivity index (χ3n) is 2.62. The first-order chi connectivity index (χ1) is 7.90. The van der Waals surface area contributed by atoms with Gasteiger partial charge in [0, 0.05) is 26.5 Å². The lowest BCUT2D eigenvalue weighted by Gasteiger charge is -2.27. The molecule has 1 aromatic carbocycles. The van der Waals surface area contributed by atoms with Crippen LogP contribution in [0.25, 0.3) is 0 Å². The Morgan fingerprint density at radius 2 is 1.88 bits per heavy atom. The zero-order valence-corrected chi connectivity index (χ0v) is 12.8. The lowest BCUT2D eigenvalue weighted by Crippen LogP contribution is -2.46. The van der Waals surface area contributed by atoms with Crippen LogP contribution >= 0.6 is 39.1 Å². The first-order valence-corrected chi connectivity index (χ1v) is 7.12. The first kappa shape index (κ1) is 14.8.